The van der Waals surface area contributed by atoms with Crippen molar-refractivity contribution >= 4 is 11.6 Å². The van der Waals surface area contributed by atoms with Gasteiger partial charge < -0.3 is 19.8 Å². The highest BCUT2D eigenvalue weighted by atomic mass is 16.5. The summed E-state index contributed by atoms with van der Waals surface area (Å²) in [7, 11) is 1.69. The monoisotopic (exact) mass is 393 g/mol. The lowest BCUT2D eigenvalue weighted by molar-refractivity contribution is 0.414. The van der Waals surface area contributed by atoms with Gasteiger partial charge in [-0.05, 0) is 49.1 Å². The van der Waals surface area contributed by atoms with Crippen LogP contribution in [0.4, 0.5) is 0 Å². The maximum Gasteiger partial charge on any atom is 0.191 e. The summed E-state index contributed by atoms with van der Waals surface area (Å²) in [6.45, 7) is 6.73. The third-order valence-electron chi connectivity index (χ3n) is 4.95. The molecule has 0 radical (unpaired) electrons. The third kappa shape index (κ3) is 5.98. The van der Waals surface area contributed by atoms with E-state index in [4.69, 9.17) is 9.73 Å². The van der Waals surface area contributed by atoms with Crippen LogP contribution in [-0.4, -0.2) is 42.1 Å². The Kier molecular flexibility index (Phi) is 7.50. The number of methoxy groups -OCH3 is 1. The van der Waals surface area contributed by atoms with Gasteiger partial charge in [-0.25, -0.2) is 4.98 Å². The highest BCUT2D eigenvalue weighted by Gasteiger charge is 2.06. The second-order valence-corrected chi connectivity index (χ2v) is 7.10. The van der Waals surface area contributed by atoms with Crippen LogP contribution in [0.15, 0.2) is 59.9 Å². The fourth-order valence-electron chi connectivity index (χ4n) is 3.23. The summed E-state index contributed by atoms with van der Waals surface area (Å²) < 4.78 is 7.28. The Balaban J connectivity index is 1.48. The van der Waals surface area contributed by atoms with Crippen molar-refractivity contribution in [2.24, 2.45) is 4.99 Å². The number of fused-ring (bicyclic) bond motifs is 1. The minimum absolute atomic E-state index is 0.450. The molecule has 0 amide bonds. The Morgan fingerprint density at radius 1 is 1.17 bits per heavy atom. The predicted octanol–water partition coefficient (Wildman–Crippen LogP) is 3.63. The van der Waals surface area contributed by atoms with Crippen LogP contribution < -0.4 is 15.4 Å². The molecule has 0 saturated heterocycles. The first kappa shape index (κ1) is 20.7. The zero-order valence-electron chi connectivity index (χ0n) is 17.6. The normalized spacial score (nSPS) is 12.7. The number of hydrogen-bond donors (Lipinski definition) is 2. The van der Waals surface area contributed by atoms with Crippen molar-refractivity contribution in [1.29, 1.82) is 0 Å². The Hall–Kier alpha value is -3.02. The topological polar surface area (TPSA) is 63.0 Å². The molecule has 2 N–H and O–H groups in total. The molecule has 6 nitrogen and oxygen atoms in total. The number of hydrogen-bond acceptors (Lipinski definition) is 3. The number of benzene rings is 1. The SMILES string of the molecule is CCNC(=NCCC(C)c1ccc(OC)cc1)NCCc1cn2ccccc2n1. The van der Waals surface area contributed by atoms with Crippen LogP contribution >= 0.6 is 0 Å². The van der Waals surface area contributed by atoms with Crippen LogP contribution in [0.2, 0.25) is 0 Å². The van der Waals surface area contributed by atoms with E-state index in [0.717, 1.165) is 55.5 Å². The molecule has 2 aromatic heterocycles. The molecule has 3 aromatic rings. The van der Waals surface area contributed by atoms with Gasteiger partial charge in [0.05, 0.1) is 12.8 Å². The van der Waals surface area contributed by atoms with Gasteiger partial charge in [0, 0.05) is 38.4 Å². The fourth-order valence-corrected chi connectivity index (χ4v) is 3.23. The van der Waals surface area contributed by atoms with E-state index in [2.05, 4.69) is 52.2 Å². The second-order valence-electron chi connectivity index (χ2n) is 7.10. The van der Waals surface area contributed by atoms with E-state index in [1.54, 1.807) is 7.11 Å². The van der Waals surface area contributed by atoms with E-state index in [0.29, 0.717) is 5.92 Å². The first-order chi connectivity index (χ1) is 14.2. The van der Waals surface area contributed by atoms with Crippen LogP contribution in [0, 0.1) is 0 Å². The summed E-state index contributed by atoms with van der Waals surface area (Å²) in [5, 5.41) is 6.74. The number of aliphatic imine (C=N–C) groups is 1. The smallest absolute Gasteiger partial charge is 0.191 e. The average Bonchev–Trinajstić information content (AvgIpc) is 3.16. The largest absolute Gasteiger partial charge is 0.497 e. The molecule has 0 saturated carbocycles. The van der Waals surface area contributed by atoms with Gasteiger partial charge in [-0.1, -0.05) is 25.1 Å². The molecule has 3 rings (SSSR count). The van der Waals surface area contributed by atoms with Gasteiger partial charge in [0.25, 0.3) is 0 Å². The Bertz CT molecular complexity index is 883. The molecule has 0 fully saturated rings. The predicted molar refractivity (Wildman–Crippen MR) is 119 cm³/mol. The molecule has 2 heterocycles. The zero-order chi connectivity index (χ0) is 20.5. The van der Waals surface area contributed by atoms with E-state index >= 15 is 0 Å². The number of nitrogens with one attached hydrogen (secondary N) is 2. The van der Waals surface area contributed by atoms with Crippen molar-refractivity contribution < 1.29 is 4.74 Å². The maximum atomic E-state index is 5.23. The number of imidazole rings is 1. The summed E-state index contributed by atoms with van der Waals surface area (Å²) >= 11 is 0. The van der Waals surface area contributed by atoms with Crippen molar-refractivity contribution in [2.45, 2.75) is 32.6 Å². The summed E-state index contributed by atoms with van der Waals surface area (Å²) in [5.41, 5.74) is 3.37. The van der Waals surface area contributed by atoms with E-state index in [1.165, 1.54) is 5.56 Å². The van der Waals surface area contributed by atoms with Gasteiger partial charge >= 0.3 is 0 Å². The number of ether oxygens (including phenoxy) is 1. The number of guanidine groups is 1. The van der Waals surface area contributed by atoms with Crippen molar-refractivity contribution in [2.75, 3.05) is 26.7 Å². The van der Waals surface area contributed by atoms with Gasteiger partial charge in [0.15, 0.2) is 5.96 Å². The first-order valence-electron chi connectivity index (χ1n) is 10.3. The molecule has 0 aliphatic rings. The second kappa shape index (κ2) is 10.5. The highest BCUT2D eigenvalue weighted by Crippen LogP contribution is 2.21. The van der Waals surface area contributed by atoms with Crippen molar-refractivity contribution in [3.05, 3.63) is 66.1 Å². The number of aromatic nitrogens is 2. The maximum absolute atomic E-state index is 5.23. The lowest BCUT2D eigenvalue weighted by Crippen LogP contribution is -2.38. The molecular formula is C23H31N5O. The molecule has 0 aliphatic carbocycles. The van der Waals surface area contributed by atoms with Gasteiger partial charge in [0.2, 0.25) is 0 Å². The van der Waals surface area contributed by atoms with Crippen LogP contribution in [0.25, 0.3) is 5.65 Å². The first-order valence-corrected chi connectivity index (χ1v) is 10.3. The van der Waals surface area contributed by atoms with E-state index in [-0.39, 0.29) is 0 Å². The summed E-state index contributed by atoms with van der Waals surface area (Å²) in [6, 6.07) is 14.3. The van der Waals surface area contributed by atoms with Crippen molar-refractivity contribution in [1.82, 2.24) is 20.0 Å². The van der Waals surface area contributed by atoms with Crippen LogP contribution in [0.1, 0.15) is 37.4 Å². The molecule has 0 aliphatic heterocycles. The lowest BCUT2D eigenvalue weighted by atomic mass is 9.98. The Morgan fingerprint density at radius 2 is 2.00 bits per heavy atom. The molecule has 1 unspecified atom stereocenters. The van der Waals surface area contributed by atoms with E-state index < -0.39 is 0 Å². The molecular weight excluding hydrogens is 362 g/mol. The number of rotatable bonds is 9. The summed E-state index contributed by atoms with van der Waals surface area (Å²) in [5.74, 6) is 2.20. The summed E-state index contributed by atoms with van der Waals surface area (Å²) in [6.07, 6.45) is 5.95. The molecule has 1 atom stereocenters. The van der Waals surface area contributed by atoms with E-state index in [1.807, 2.05) is 36.5 Å². The Morgan fingerprint density at radius 3 is 2.72 bits per heavy atom. The van der Waals surface area contributed by atoms with Crippen LogP contribution in [-0.2, 0) is 6.42 Å². The number of pyridine rings is 1. The van der Waals surface area contributed by atoms with Gasteiger partial charge in [-0.2, -0.15) is 0 Å². The van der Waals surface area contributed by atoms with Gasteiger partial charge in [-0.15, -0.1) is 0 Å². The van der Waals surface area contributed by atoms with Crippen LogP contribution in [0.3, 0.4) is 0 Å². The summed E-state index contributed by atoms with van der Waals surface area (Å²) in [4.78, 5) is 9.37. The van der Waals surface area contributed by atoms with Crippen molar-refractivity contribution in [3.63, 3.8) is 0 Å². The Labute approximate surface area is 173 Å². The zero-order valence-corrected chi connectivity index (χ0v) is 17.6. The standard InChI is InChI=1S/C23H31N5O/c1-4-24-23(25-14-12-18(2)19-8-10-21(29-3)11-9-19)26-15-13-20-17-28-16-6-5-7-22(28)27-20/h5-11,16-18H,4,12-15H2,1-3H3,(H2,24,25,26). The van der Waals surface area contributed by atoms with Gasteiger partial charge in [0.1, 0.15) is 11.4 Å². The van der Waals surface area contributed by atoms with Gasteiger partial charge in [-0.3, -0.25) is 4.99 Å². The number of nitrogens with zero attached hydrogens (tertiary/aromatic N) is 3. The molecule has 29 heavy (non-hydrogen) atoms. The molecule has 0 spiro atoms. The van der Waals surface area contributed by atoms with Crippen LogP contribution in [0.5, 0.6) is 5.75 Å². The third-order valence-corrected chi connectivity index (χ3v) is 4.95. The lowest BCUT2D eigenvalue weighted by Gasteiger charge is -2.13. The van der Waals surface area contributed by atoms with E-state index in [9.17, 15) is 0 Å². The van der Waals surface area contributed by atoms with Crippen molar-refractivity contribution in [3.8, 4) is 5.75 Å². The molecule has 154 valence electrons. The quantitative estimate of drug-likeness (QED) is 0.430. The average molecular weight is 394 g/mol. The molecule has 0 bridgehead atoms. The highest BCUT2D eigenvalue weighted by molar-refractivity contribution is 5.79. The minimum atomic E-state index is 0.450. The minimum Gasteiger partial charge on any atom is -0.497 e. The fraction of sp³-hybridized carbons (Fsp3) is 0.391. The molecule has 1 aromatic carbocycles. The molecule has 6 heteroatoms.